The number of aromatic amines is 1. The molecule has 1 aliphatic rings. The van der Waals surface area contributed by atoms with E-state index in [-0.39, 0.29) is 17.3 Å². The molecular formula is C25H31N2O4+. The van der Waals surface area contributed by atoms with Crippen molar-refractivity contribution in [2.75, 3.05) is 27.3 Å². The highest BCUT2D eigenvalue weighted by molar-refractivity contribution is 5.98. The Labute approximate surface area is 182 Å². The van der Waals surface area contributed by atoms with Gasteiger partial charge in [0.25, 0.3) is 0 Å². The number of hydrogen-bond acceptors (Lipinski definition) is 4. The maximum atomic E-state index is 10.6. The summed E-state index contributed by atoms with van der Waals surface area (Å²) in [4.78, 5) is 16.5. The zero-order chi connectivity index (χ0) is 21.8. The Hall–Kier alpha value is -2.99. The van der Waals surface area contributed by atoms with Crippen LogP contribution in [0.5, 0.6) is 17.2 Å². The molecule has 0 aliphatic carbocycles. The summed E-state index contributed by atoms with van der Waals surface area (Å²) in [5, 5.41) is 11.4. The number of benzene rings is 2. The van der Waals surface area contributed by atoms with Gasteiger partial charge in [-0.3, -0.25) is 9.69 Å². The number of phenols is 1. The van der Waals surface area contributed by atoms with Crippen LogP contribution >= 0.6 is 0 Å². The number of ether oxygens (including phenoxy) is 2. The number of para-hydroxylation sites is 1. The fraction of sp³-hybridized carbons (Fsp3) is 0.400. The number of nitrogens with one attached hydrogen (secondary N) is 1. The highest BCUT2D eigenvalue weighted by Gasteiger charge is 2.24. The maximum absolute atomic E-state index is 10.6. The van der Waals surface area contributed by atoms with E-state index in [1.807, 2.05) is 0 Å². The van der Waals surface area contributed by atoms with Crippen LogP contribution in [0.3, 0.4) is 0 Å². The highest BCUT2D eigenvalue weighted by Crippen LogP contribution is 2.38. The van der Waals surface area contributed by atoms with Crippen LogP contribution in [0.2, 0.25) is 0 Å². The molecule has 0 amide bonds. The number of methoxy groups -OCH3 is 2. The van der Waals surface area contributed by atoms with Crippen LogP contribution in [0.25, 0.3) is 10.9 Å². The number of ketones is 1. The topological polar surface area (TPSA) is 79.1 Å². The molecule has 0 atom stereocenters. The Balaban J connectivity index is 1.28. The van der Waals surface area contributed by atoms with Crippen LogP contribution in [-0.4, -0.2) is 52.9 Å². The molecule has 2 aromatic carbocycles. The number of hydrogen-bond donors (Lipinski definition) is 2. The van der Waals surface area contributed by atoms with Crippen molar-refractivity contribution in [1.82, 2.24) is 9.88 Å². The van der Waals surface area contributed by atoms with Gasteiger partial charge in [0.2, 0.25) is 5.75 Å². The minimum atomic E-state index is -0.0333. The van der Waals surface area contributed by atoms with Crippen molar-refractivity contribution in [1.29, 1.82) is 0 Å². The number of aromatic nitrogens is 1. The smallest absolute Gasteiger partial charge is 0.323 e. The molecule has 0 saturated carbocycles. The molecule has 6 nitrogen and oxygen atoms in total. The van der Waals surface area contributed by atoms with Gasteiger partial charge in [-0.1, -0.05) is 18.2 Å². The van der Waals surface area contributed by atoms with E-state index in [0.29, 0.717) is 23.7 Å². The number of phenolic OH excluding ortho intramolecular Hbond substituents is 1. The second-order valence-electron chi connectivity index (χ2n) is 8.30. The number of likely N-dealkylation sites (tertiary alicyclic amines) is 1. The number of carbonyl (C=O) groups excluding carboxylic acids is 1. The Bertz CT molecular complexity index is 1050. The third kappa shape index (κ3) is 4.69. The quantitative estimate of drug-likeness (QED) is 0.414. The van der Waals surface area contributed by atoms with E-state index in [4.69, 9.17) is 9.47 Å². The van der Waals surface area contributed by atoms with E-state index in [1.165, 1.54) is 36.8 Å². The van der Waals surface area contributed by atoms with E-state index in [2.05, 4.69) is 40.3 Å². The second kappa shape index (κ2) is 9.43. The van der Waals surface area contributed by atoms with Crippen molar-refractivity contribution < 1.29 is 19.4 Å². The van der Waals surface area contributed by atoms with Gasteiger partial charge in [0.05, 0.1) is 26.2 Å². The molecule has 1 fully saturated rings. The summed E-state index contributed by atoms with van der Waals surface area (Å²) >= 11 is 0. The van der Waals surface area contributed by atoms with Gasteiger partial charge in [-0.25, -0.2) is 0 Å². The molecule has 1 saturated heterocycles. The monoisotopic (exact) mass is 423 g/mol. The molecule has 0 unspecified atom stereocenters. The van der Waals surface area contributed by atoms with Gasteiger partial charge in [0.1, 0.15) is 0 Å². The largest absolute Gasteiger partial charge is 0.504 e. The minimum Gasteiger partial charge on any atom is -0.504 e. The van der Waals surface area contributed by atoms with Crippen molar-refractivity contribution >= 4 is 16.7 Å². The van der Waals surface area contributed by atoms with Crippen LogP contribution in [0.1, 0.15) is 36.8 Å². The summed E-state index contributed by atoms with van der Waals surface area (Å²) < 4.78 is 10.4. The molecule has 1 aromatic heterocycles. The van der Waals surface area contributed by atoms with Crippen LogP contribution in [0.15, 0.2) is 42.6 Å². The predicted molar refractivity (Wildman–Crippen MR) is 123 cm³/mol. The van der Waals surface area contributed by atoms with E-state index in [9.17, 15) is 9.90 Å². The molecule has 3 N–H and O–H groups in total. The fourth-order valence-electron chi connectivity index (χ4n) is 4.53. The molecule has 2 heterocycles. The van der Waals surface area contributed by atoms with E-state index in [1.54, 1.807) is 6.07 Å². The molecule has 0 bridgehead atoms. The standard InChI is InChI=1S/C25H30N2O4/c1-30-24-14-18(13-23(29)25(24)31-2)22(28)8-7-17-9-11-27(12-10-17)16-19-15-26-21-6-4-3-5-20(19)21/h3-6,13-15,17,26,29H,7-12,16H2,1-2H3/p+1. The van der Waals surface area contributed by atoms with Crippen molar-refractivity contribution in [2.24, 2.45) is 5.92 Å². The highest BCUT2D eigenvalue weighted by atomic mass is 16.5. The van der Waals surface area contributed by atoms with Gasteiger partial charge in [-0.15, -0.1) is 0 Å². The first kappa shape index (κ1) is 21.2. The summed E-state index contributed by atoms with van der Waals surface area (Å²) in [5.41, 5.74) is 3.12. The van der Waals surface area contributed by atoms with Gasteiger partial charge < -0.3 is 19.6 Å². The van der Waals surface area contributed by atoms with Crippen molar-refractivity contribution in [3.63, 3.8) is 0 Å². The third-order valence-corrected chi connectivity index (χ3v) is 6.36. The average molecular weight is 424 g/mol. The van der Waals surface area contributed by atoms with E-state index < -0.39 is 0 Å². The zero-order valence-electron chi connectivity index (χ0n) is 18.2. The summed E-state index contributed by atoms with van der Waals surface area (Å²) in [6.45, 7) is 3.11. The lowest BCUT2D eigenvalue weighted by molar-refractivity contribution is 0.174. The number of piperidine rings is 1. The SMILES string of the molecule is COc1cc(C(=[OH+])CCC2CCN(Cc3c[nH]c4ccccc34)CC2)cc(O)c1OC. The lowest BCUT2D eigenvalue weighted by atomic mass is 9.90. The Kier molecular flexibility index (Phi) is 6.47. The minimum absolute atomic E-state index is 0.0333. The summed E-state index contributed by atoms with van der Waals surface area (Å²) in [5.74, 6) is 1.53. The van der Waals surface area contributed by atoms with E-state index >= 15 is 0 Å². The molecule has 0 radical (unpaired) electrons. The molecule has 4 rings (SSSR count). The molecule has 3 aromatic rings. The van der Waals surface area contributed by atoms with Gasteiger partial charge in [0.15, 0.2) is 11.5 Å². The first-order valence-electron chi connectivity index (χ1n) is 10.9. The molecule has 164 valence electrons. The summed E-state index contributed by atoms with van der Waals surface area (Å²) in [6, 6.07) is 11.7. The van der Waals surface area contributed by atoms with Crippen LogP contribution in [-0.2, 0) is 6.54 Å². The first-order chi connectivity index (χ1) is 15.1. The van der Waals surface area contributed by atoms with Crippen LogP contribution in [0.4, 0.5) is 0 Å². The second-order valence-corrected chi connectivity index (χ2v) is 8.30. The predicted octanol–water partition coefficient (Wildman–Crippen LogP) is 4.48. The number of fused-ring (bicyclic) bond motifs is 1. The van der Waals surface area contributed by atoms with Crippen molar-refractivity contribution in [2.45, 2.75) is 32.2 Å². The Morgan fingerprint density at radius 1 is 1.16 bits per heavy atom. The summed E-state index contributed by atoms with van der Waals surface area (Å²) in [7, 11) is 2.99. The Morgan fingerprint density at radius 2 is 1.94 bits per heavy atom. The number of rotatable bonds is 8. The normalized spacial score (nSPS) is 15.3. The number of H-pyrrole nitrogens is 1. The van der Waals surface area contributed by atoms with Gasteiger partial charge in [-0.2, -0.15) is 0 Å². The molecule has 31 heavy (non-hydrogen) atoms. The van der Waals surface area contributed by atoms with Gasteiger partial charge in [-0.05, 0) is 49.9 Å². The molecular weight excluding hydrogens is 392 g/mol. The van der Waals surface area contributed by atoms with E-state index in [0.717, 1.165) is 38.9 Å². The van der Waals surface area contributed by atoms with Gasteiger partial charge >= 0.3 is 5.78 Å². The van der Waals surface area contributed by atoms with Crippen molar-refractivity contribution in [3.05, 3.63) is 53.7 Å². The maximum Gasteiger partial charge on any atom is 0.323 e. The molecule has 0 spiro atoms. The van der Waals surface area contributed by atoms with Gasteiger partial charge in [0, 0.05) is 35.8 Å². The number of nitrogens with zero attached hydrogens (tertiary/aromatic N) is 1. The van der Waals surface area contributed by atoms with Crippen LogP contribution in [0, 0.1) is 5.92 Å². The molecule has 1 aliphatic heterocycles. The van der Waals surface area contributed by atoms with Crippen LogP contribution < -0.4 is 9.47 Å². The lowest BCUT2D eigenvalue weighted by Gasteiger charge is -2.31. The third-order valence-electron chi connectivity index (χ3n) is 6.36. The number of aromatic hydroxyl groups is 1. The van der Waals surface area contributed by atoms with Crippen molar-refractivity contribution in [3.8, 4) is 17.2 Å². The first-order valence-corrected chi connectivity index (χ1v) is 10.9. The average Bonchev–Trinajstić information content (AvgIpc) is 3.20. The lowest BCUT2D eigenvalue weighted by Crippen LogP contribution is -2.33. The molecule has 6 heteroatoms. The Morgan fingerprint density at radius 3 is 2.68 bits per heavy atom. The zero-order valence-corrected chi connectivity index (χ0v) is 18.2. The fourth-order valence-corrected chi connectivity index (χ4v) is 4.53. The summed E-state index contributed by atoms with van der Waals surface area (Å²) in [6.07, 6.45) is 5.91.